The first kappa shape index (κ1) is 33.1. The topological polar surface area (TPSA) is 147 Å². The van der Waals surface area contributed by atoms with E-state index in [1.54, 1.807) is 59.6 Å². The number of sulfone groups is 1. The molecule has 0 N–H and O–H groups in total. The van der Waals surface area contributed by atoms with Crippen LogP contribution in [0, 0.1) is 11.6 Å². The lowest BCUT2D eigenvalue weighted by molar-refractivity contribution is 0.593. The number of hydrogen-bond acceptors (Lipinski definition) is 11. The summed E-state index contributed by atoms with van der Waals surface area (Å²) in [5.41, 5.74) is 5.05. The van der Waals surface area contributed by atoms with Gasteiger partial charge in [-0.3, -0.25) is 13.5 Å². The van der Waals surface area contributed by atoms with Gasteiger partial charge >= 0.3 is 11.7 Å². The third kappa shape index (κ3) is 6.53. The van der Waals surface area contributed by atoms with Gasteiger partial charge in [-0.1, -0.05) is 11.8 Å². The quantitative estimate of drug-likeness (QED) is 0.135. The van der Waals surface area contributed by atoms with Crippen molar-refractivity contribution in [2.45, 2.75) is 10.3 Å². The van der Waals surface area contributed by atoms with Crippen LogP contribution in [0.2, 0.25) is 0 Å². The van der Waals surface area contributed by atoms with E-state index in [1.165, 1.54) is 48.5 Å². The molecule has 0 bridgehead atoms. The molecule has 0 aliphatic rings. The van der Waals surface area contributed by atoms with Crippen LogP contribution < -0.4 is 0 Å². The number of nitrogens with zero attached hydrogens (tertiary/aromatic N) is 8. The van der Waals surface area contributed by atoms with Crippen LogP contribution in [0.5, 0.6) is 0 Å². The van der Waals surface area contributed by atoms with Crippen LogP contribution in [0.4, 0.5) is 13.5 Å². The SMILES string of the molecule is CS(=O)(=O)c1nccc(-c2c(-c3ccc(F)cc3)nc3occn23)n1.CSc1nccc(-c2c(-c3ccc(F)cc3)nc3occn23)n1.F. The van der Waals surface area contributed by atoms with E-state index in [-0.39, 0.29) is 21.5 Å². The smallest absolute Gasteiger partial charge is 0.306 e. The number of aromatic nitrogens is 8. The third-order valence-electron chi connectivity index (χ3n) is 7.03. The van der Waals surface area contributed by atoms with Gasteiger partial charge in [0.25, 0.3) is 0 Å². The van der Waals surface area contributed by atoms with Crippen LogP contribution in [0.1, 0.15) is 0 Å². The maximum absolute atomic E-state index is 13.2. The molecule has 0 unspecified atom stereocenters. The van der Waals surface area contributed by atoms with Crippen molar-refractivity contribution in [2.75, 3.05) is 12.5 Å². The van der Waals surface area contributed by atoms with E-state index in [2.05, 4.69) is 29.9 Å². The Morgan fingerprint density at radius 2 is 1.14 bits per heavy atom. The molecule has 6 aromatic heterocycles. The molecule has 0 amide bonds. The van der Waals surface area contributed by atoms with Crippen LogP contribution in [0.3, 0.4) is 0 Å². The fourth-order valence-electron chi connectivity index (χ4n) is 4.90. The predicted molar refractivity (Wildman–Crippen MR) is 175 cm³/mol. The predicted octanol–water partition coefficient (Wildman–Crippen LogP) is 6.66. The molecule has 0 fully saturated rings. The summed E-state index contributed by atoms with van der Waals surface area (Å²) in [6.45, 7) is 0. The number of halogens is 3. The summed E-state index contributed by atoms with van der Waals surface area (Å²) in [7, 11) is -3.56. The van der Waals surface area contributed by atoms with Gasteiger partial charge in [0, 0.05) is 42.2 Å². The van der Waals surface area contributed by atoms with E-state index in [0.29, 0.717) is 45.2 Å². The second-order valence-electron chi connectivity index (χ2n) is 10.2. The third-order valence-corrected chi connectivity index (χ3v) is 8.45. The average Bonchev–Trinajstić information content (AvgIpc) is 3.87. The number of fused-ring (bicyclic) bond motifs is 2. The molecule has 2 aromatic carbocycles. The molecule has 0 radical (unpaired) electrons. The summed E-state index contributed by atoms with van der Waals surface area (Å²) in [6.07, 6.45) is 12.5. The van der Waals surface area contributed by atoms with Gasteiger partial charge in [0.1, 0.15) is 46.9 Å². The van der Waals surface area contributed by atoms with Gasteiger partial charge in [0.15, 0.2) is 5.16 Å². The zero-order valence-electron chi connectivity index (χ0n) is 25.4. The first-order chi connectivity index (χ1) is 23.2. The number of hydrogen-bond donors (Lipinski definition) is 0. The Bertz CT molecular complexity index is 2510. The molecular formula is C32H23F3N8O4S2. The van der Waals surface area contributed by atoms with Crippen molar-refractivity contribution < 1.29 is 30.7 Å². The van der Waals surface area contributed by atoms with Crippen molar-refractivity contribution in [1.29, 1.82) is 0 Å². The fourth-order valence-corrected chi connectivity index (χ4v) is 5.77. The summed E-state index contributed by atoms with van der Waals surface area (Å²) in [5.74, 6) is 0.122. The monoisotopic (exact) mass is 704 g/mol. The van der Waals surface area contributed by atoms with Crippen molar-refractivity contribution in [1.82, 2.24) is 38.7 Å². The van der Waals surface area contributed by atoms with Gasteiger partial charge in [-0.2, -0.15) is 9.97 Å². The minimum Gasteiger partial charge on any atom is -0.432 e. The molecule has 0 aliphatic heterocycles. The van der Waals surface area contributed by atoms with E-state index in [0.717, 1.165) is 23.2 Å². The standard InChI is InChI=1S/C16H11FN4O3S.C16H11FN4OS.FH/c1-25(22,23)15-18-7-6-12(19-15)14-13(10-2-4-11(17)5-3-10)20-16-21(14)8-9-24-16;1-23-15-18-7-6-12(19-15)14-13(10-2-4-11(17)5-3-10)20-16-21(14)8-9-22-16;/h2-9H,1H3;2-9H,1H3;1H. The molecule has 6 heterocycles. The van der Waals surface area contributed by atoms with Gasteiger partial charge in [0.2, 0.25) is 15.0 Å². The van der Waals surface area contributed by atoms with Gasteiger partial charge in [-0.05, 0) is 66.9 Å². The number of imidazole rings is 2. The molecule has 8 aromatic rings. The van der Waals surface area contributed by atoms with E-state index in [1.807, 2.05) is 16.7 Å². The summed E-state index contributed by atoms with van der Waals surface area (Å²) in [6, 6.07) is 15.4. The highest BCUT2D eigenvalue weighted by atomic mass is 32.2. The lowest BCUT2D eigenvalue weighted by Gasteiger charge is -2.05. The van der Waals surface area contributed by atoms with Crippen molar-refractivity contribution in [2.24, 2.45) is 0 Å². The zero-order valence-corrected chi connectivity index (χ0v) is 27.1. The first-order valence-corrected chi connectivity index (χ1v) is 17.1. The summed E-state index contributed by atoms with van der Waals surface area (Å²) < 4.78 is 64.1. The summed E-state index contributed by atoms with van der Waals surface area (Å²) in [5, 5.41) is 0.388. The molecule has 0 atom stereocenters. The molecule has 8 rings (SSSR count). The minimum atomic E-state index is -3.56. The Morgan fingerprint density at radius 1 is 0.673 bits per heavy atom. The molecule has 248 valence electrons. The van der Waals surface area contributed by atoms with Gasteiger partial charge in [-0.15, -0.1) is 0 Å². The van der Waals surface area contributed by atoms with E-state index in [9.17, 15) is 17.2 Å². The van der Waals surface area contributed by atoms with Gasteiger partial charge < -0.3 is 8.83 Å². The lowest BCUT2D eigenvalue weighted by atomic mass is 10.1. The number of rotatable bonds is 6. The van der Waals surface area contributed by atoms with Crippen molar-refractivity contribution >= 4 is 33.3 Å². The first-order valence-electron chi connectivity index (χ1n) is 14.0. The number of benzene rings is 2. The molecule has 49 heavy (non-hydrogen) atoms. The van der Waals surface area contributed by atoms with Gasteiger partial charge in [-0.25, -0.2) is 37.1 Å². The van der Waals surface area contributed by atoms with Crippen LogP contribution in [0.25, 0.3) is 57.0 Å². The minimum absolute atomic E-state index is 0. The molecular weight excluding hydrogens is 682 g/mol. The Hall–Kier alpha value is -5.81. The van der Waals surface area contributed by atoms with Gasteiger partial charge in [0.05, 0.1) is 11.4 Å². The normalized spacial score (nSPS) is 11.3. The van der Waals surface area contributed by atoms with Crippen molar-refractivity contribution in [3.8, 4) is 45.3 Å². The van der Waals surface area contributed by atoms with E-state index >= 15 is 0 Å². The maximum Gasteiger partial charge on any atom is 0.306 e. The Morgan fingerprint density at radius 3 is 1.61 bits per heavy atom. The second kappa shape index (κ2) is 13.4. The lowest BCUT2D eigenvalue weighted by Crippen LogP contribution is -2.05. The molecule has 0 spiro atoms. The Kier molecular flexibility index (Phi) is 9.03. The molecule has 12 nitrogen and oxygen atoms in total. The molecule has 0 saturated heterocycles. The number of oxazole rings is 2. The average molecular weight is 705 g/mol. The highest BCUT2D eigenvalue weighted by Crippen LogP contribution is 2.34. The van der Waals surface area contributed by atoms with Crippen molar-refractivity contribution in [3.63, 3.8) is 0 Å². The largest absolute Gasteiger partial charge is 0.432 e. The molecule has 17 heteroatoms. The molecule has 0 aliphatic carbocycles. The Labute approximate surface area is 279 Å². The molecule has 0 saturated carbocycles. The maximum atomic E-state index is 13.2. The fraction of sp³-hybridized carbons (Fsp3) is 0.0625. The summed E-state index contributed by atoms with van der Waals surface area (Å²) in [4.78, 5) is 25.6. The second-order valence-corrected chi connectivity index (χ2v) is 12.9. The van der Waals surface area contributed by atoms with Crippen molar-refractivity contribution in [3.05, 3.63) is 110 Å². The highest BCUT2D eigenvalue weighted by molar-refractivity contribution is 7.98. The van der Waals surface area contributed by atoms with Crippen LogP contribution in [-0.2, 0) is 9.84 Å². The van der Waals surface area contributed by atoms with Crippen LogP contribution >= 0.6 is 11.8 Å². The van der Waals surface area contributed by atoms with Crippen LogP contribution in [-0.4, -0.2) is 59.6 Å². The van der Waals surface area contributed by atoms with E-state index in [4.69, 9.17) is 8.83 Å². The Balaban J connectivity index is 0.000000167. The van der Waals surface area contributed by atoms with Crippen LogP contribution in [0.15, 0.2) is 117 Å². The number of thioether (sulfide) groups is 1. The zero-order chi connectivity index (χ0) is 33.4. The van der Waals surface area contributed by atoms with E-state index < -0.39 is 9.84 Å². The highest BCUT2D eigenvalue weighted by Gasteiger charge is 2.22. The summed E-state index contributed by atoms with van der Waals surface area (Å²) >= 11 is 1.47.